The first-order valence-electron chi connectivity index (χ1n) is 6.11. The number of aryl methyl sites for hydroxylation is 1. The third kappa shape index (κ3) is 3.84. The monoisotopic (exact) mass is 309 g/mol. The first-order valence-corrected chi connectivity index (χ1v) is 9.17. The van der Waals surface area contributed by atoms with Crippen molar-refractivity contribution in [3.05, 3.63) is 60.2 Å². The molecule has 2 atom stereocenters. The molecule has 20 heavy (non-hydrogen) atoms. The molecule has 0 amide bonds. The molecule has 0 aliphatic rings. The predicted molar refractivity (Wildman–Crippen MR) is 80.4 cm³/mol. The highest BCUT2D eigenvalue weighted by molar-refractivity contribution is 7.66. The summed E-state index contributed by atoms with van der Waals surface area (Å²) in [6.07, 6.45) is 0.604. The first kappa shape index (κ1) is 15.1. The van der Waals surface area contributed by atoms with E-state index in [4.69, 9.17) is 4.89 Å². The van der Waals surface area contributed by atoms with Crippen molar-refractivity contribution >= 4 is 26.0 Å². The van der Waals surface area contributed by atoms with Crippen LogP contribution in [0.4, 0.5) is 0 Å². The third-order valence-electron chi connectivity index (χ3n) is 3.02. The molecule has 104 valence electrons. The largest absolute Gasteiger partial charge is 0.546 e. The molecule has 6 heteroatoms. The Morgan fingerprint density at radius 1 is 1.00 bits per heavy atom. The molecule has 0 saturated heterocycles. The van der Waals surface area contributed by atoms with Crippen molar-refractivity contribution in [3.8, 4) is 0 Å². The van der Waals surface area contributed by atoms with Gasteiger partial charge in [-0.1, -0.05) is 30.3 Å². The van der Waals surface area contributed by atoms with Crippen molar-refractivity contribution in [3.63, 3.8) is 0 Å². The Labute approximate surface area is 118 Å². The molecular weight excluding hydrogens is 294 g/mol. The fraction of sp³-hybridized carbons (Fsp3) is 0.143. The minimum atomic E-state index is -3.35. The molecule has 2 aromatic rings. The van der Waals surface area contributed by atoms with Crippen LogP contribution in [0, 0.1) is 0 Å². The van der Waals surface area contributed by atoms with E-state index >= 15 is 0 Å². The fourth-order valence-electron chi connectivity index (χ4n) is 1.86. The van der Waals surface area contributed by atoms with Crippen LogP contribution in [0.15, 0.2) is 54.6 Å². The number of hydrogen-bond acceptors (Lipinski definition) is 2. The van der Waals surface area contributed by atoms with Crippen LogP contribution in [-0.2, 0) is 15.6 Å². The number of rotatable bonds is 5. The van der Waals surface area contributed by atoms with E-state index in [-0.39, 0.29) is 6.16 Å². The Bertz CT molecular complexity index is 638. The van der Waals surface area contributed by atoms with Crippen molar-refractivity contribution in [2.24, 2.45) is 0 Å². The van der Waals surface area contributed by atoms with Crippen LogP contribution in [0.3, 0.4) is 0 Å². The molecule has 0 radical (unpaired) electrons. The molecule has 0 heterocycles. The molecule has 0 spiro atoms. The molecule has 0 aromatic heterocycles. The van der Waals surface area contributed by atoms with Crippen LogP contribution in [-0.4, -0.2) is 15.9 Å². The van der Waals surface area contributed by atoms with Crippen molar-refractivity contribution in [2.75, 3.05) is 6.16 Å². The second-order valence-corrected chi connectivity index (χ2v) is 7.88. The van der Waals surface area contributed by atoms with Crippen molar-refractivity contribution in [1.82, 2.24) is 0 Å². The lowest BCUT2D eigenvalue weighted by molar-refractivity contribution is 0.489. The summed E-state index contributed by atoms with van der Waals surface area (Å²) in [4.78, 5) is 19.0. The van der Waals surface area contributed by atoms with E-state index in [0.29, 0.717) is 17.0 Å². The first-order chi connectivity index (χ1) is 9.49. The molecule has 2 rings (SSSR count). The Balaban J connectivity index is 2.05. The van der Waals surface area contributed by atoms with Gasteiger partial charge in [0.25, 0.3) is 0 Å². The molecule has 4 nitrogen and oxygen atoms in total. The second kappa shape index (κ2) is 6.43. The smallest absolute Gasteiger partial charge is 0.341 e. The zero-order valence-electron chi connectivity index (χ0n) is 10.7. The lowest BCUT2D eigenvalue weighted by atomic mass is 10.2. The second-order valence-electron chi connectivity index (χ2n) is 4.45. The summed E-state index contributed by atoms with van der Waals surface area (Å²) < 4.78 is 23.1. The maximum absolute atomic E-state index is 12.2. The summed E-state index contributed by atoms with van der Waals surface area (Å²) in [5, 5.41) is 0.814. The van der Waals surface area contributed by atoms with E-state index in [1.165, 1.54) is 0 Å². The van der Waals surface area contributed by atoms with Gasteiger partial charge in [-0.3, -0.25) is 4.57 Å². The van der Waals surface area contributed by atoms with E-state index in [0.717, 1.165) is 5.56 Å². The van der Waals surface area contributed by atoms with Gasteiger partial charge in [0.2, 0.25) is 12.7 Å². The SMILES string of the molecule is O=[P+](O)c1ccc(CCP(=O)(O)c2ccccc2)cc1. The average Bonchev–Trinajstić information content (AvgIpc) is 2.46. The highest BCUT2D eigenvalue weighted by Gasteiger charge is 2.21. The van der Waals surface area contributed by atoms with Gasteiger partial charge in [0, 0.05) is 11.5 Å². The normalized spacial score (nSPS) is 14.6. The zero-order valence-corrected chi connectivity index (χ0v) is 12.5. The van der Waals surface area contributed by atoms with Gasteiger partial charge in [-0.25, -0.2) is 0 Å². The van der Waals surface area contributed by atoms with Crippen LogP contribution in [0.1, 0.15) is 5.56 Å². The summed E-state index contributed by atoms with van der Waals surface area (Å²) in [5.74, 6) is 0. The maximum atomic E-state index is 12.2. The van der Waals surface area contributed by atoms with Crippen molar-refractivity contribution in [1.29, 1.82) is 0 Å². The molecule has 2 unspecified atom stereocenters. The third-order valence-corrected chi connectivity index (χ3v) is 5.70. The molecule has 0 bridgehead atoms. The molecule has 0 aliphatic carbocycles. The molecule has 0 saturated carbocycles. The summed E-state index contributed by atoms with van der Waals surface area (Å²) in [7, 11) is -5.68. The van der Waals surface area contributed by atoms with Gasteiger partial charge in [0.1, 0.15) is 0 Å². The quantitative estimate of drug-likeness (QED) is 0.830. The van der Waals surface area contributed by atoms with Gasteiger partial charge < -0.3 is 4.89 Å². The van der Waals surface area contributed by atoms with Crippen LogP contribution in [0.5, 0.6) is 0 Å². The van der Waals surface area contributed by atoms with Crippen LogP contribution < -0.4 is 10.6 Å². The van der Waals surface area contributed by atoms with Crippen LogP contribution in [0.2, 0.25) is 0 Å². The lowest BCUT2D eigenvalue weighted by Crippen LogP contribution is -2.08. The maximum Gasteiger partial charge on any atom is 0.546 e. The highest BCUT2D eigenvalue weighted by Crippen LogP contribution is 2.39. The van der Waals surface area contributed by atoms with E-state index in [9.17, 15) is 14.0 Å². The summed E-state index contributed by atoms with van der Waals surface area (Å²) >= 11 is 0. The molecule has 2 aromatic carbocycles. The number of hydrogen-bond donors (Lipinski definition) is 2. The van der Waals surface area contributed by atoms with Crippen LogP contribution >= 0.6 is 15.4 Å². The van der Waals surface area contributed by atoms with Gasteiger partial charge in [0.15, 0.2) is 0 Å². The van der Waals surface area contributed by atoms with Crippen molar-refractivity contribution < 1.29 is 18.9 Å². The lowest BCUT2D eigenvalue weighted by Gasteiger charge is -2.11. The standard InChI is InChI=1S/C14H14O4P2/c15-19(16)13-8-6-12(7-9-13)10-11-20(17,18)14-4-2-1-3-5-14/h1-9H,10-11H2,(H-,15,16,17,18)/p+1. The zero-order chi connectivity index (χ0) is 14.6. The van der Waals surface area contributed by atoms with E-state index in [1.807, 2.05) is 0 Å². The number of benzene rings is 2. The Hall–Kier alpha value is -1.31. The predicted octanol–water partition coefficient (Wildman–Crippen LogP) is 2.18. The highest BCUT2D eigenvalue weighted by atomic mass is 31.2. The molecular formula is C14H15O4P2+. The van der Waals surface area contributed by atoms with Crippen LogP contribution in [0.25, 0.3) is 0 Å². The Morgan fingerprint density at radius 3 is 2.15 bits per heavy atom. The Morgan fingerprint density at radius 2 is 1.60 bits per heavy atom. The average molecular weight is 309 g/mol. The summed E-state index contributed by atoms with van der Waals surface area (Å²) in [5.41, 5.74) is 0.871. The minimum absolute atomic E-state index is 0.154. The van der Waals surface area contributed by atoms with E-state index in [2.05, 4.69) is 0 Å². The minimum Gasteiger partial charge on any atom is -0.341 e. The van der Waals surface area contributed by atoms with Crippen molar-refractivity contribution in [2.45, 2.75) is 6.42 Å². The van der Waals surface area contributed by atoms with E-state index < -0.39 is 15.4 Å². The summed E-state index contributed by atoms with van der Waals surface area (Å²) in [6, 6.07) is 15.2. The molecule has 0 fully saturated rings. The Kier molecular flexibility index (Phi) is 4.85. The van der Waals surface area contributed by atoms with Gasteiger partial charge in [-0.05, 0) is 40.8 Å². The molecule has 2 N–H and O–H groups in total. The van der Waals surface area contributed by atoms with Gasteiger partial charge in [-0.15, -0.1) is 0 Å². The fourth-order valence-corrected chi connectivity index (χ4v) is 3.72. The molecule has 0 aliphatic heterocycles. The van der Waals surface area contributed by atoms with Gasteiger partial charge >= 0.3 is 8.03 Å². The topological polar surface area (TPSA) is 74.6 Å². The van der Waals surface area contributed by atoms with E-state index in [1.54, 1.807) is 54.6 Å². The van der Waals surface area contributed by atoms with Gasteiger partial charge in [-0.2, -0.15) is 4.89 Å². The summed E-state index contributed by atoms with van der Waals surface area (Å²) in [6.45, 7) is 0. The van der Waals surface area contributed by atoms with Gasteiger partial charge in [0.05, 0.1) is 0 Å².